The van der Waals surface area contributed by atoms with Crippen LogP contribution in [0.4, 0.5) is 0 Å². The van der Waals surface area contributed by atoms with Crippen LogP contribution >= 0.6 is 0 Å². The molecule has 20 heteroatoms. The Morgan fingerprint density at radius 2 is 1.72 bits per heavy atom. The number of esters is 1. The normalized spacial score (nSPS) is 28.0. The van der Waals surface area contributed by atoms with Crippen LogP contribution in [0.2, 0.25) is 0 Å². The topological polar surface area (TPSA) is 311 Å². The lowest BCUT2D eigenvalue weighted by Crippen LogP contribution is -2.62. The summed E-state index contributed by atoms with van der Waals surface area (Å²) in [5.41, 5.74) is -5.34. The van der Waals surface area contributed by atoms with E-state index >= 15 is 0 Å². The molecule has 1 aromatic heterocycles. The van der Waals surface area contributed by atoms with E-state index < -0.39 is 121 Å². The molecule has 9 N–H and O–H groups in total. The number of rotatable bonds is 14. The number of carboxylic acid groups (broad SMARTS) is 1. The molecule has 2 aliphatic rings. The van der Waals surface area contributed by atoms with Crippen LogP contribution in [0.15, 0.2) is 39.5 Å². The number of phenols is 2. The molecular formula is C34H40O20. The quantitative estimate of drug-likeness (QED) is 0.0861. The van der Waals surface area contributed by atoms with Gasteiger partial charge in [-0.15, -0.1) is 0 Å². The van der Waals surface area contributed by atoms with Gasteiger partial charge in [0, 0.05) is 17.7 Å². The molecule has 296 valence electrons. The minimum Gasteiger partial charge on any atom is -0.507 e. The molecule has 2 saturated heterocycles. The lowest BCUT2D eigenvalue weighted by molar-refractivity contribution is -0.319. The lowest BCUT2D eigenvalue weighted by Gasteiger charge is -2.42. The molecule has 0 radical (unpaired) electrons. The van der Waals surface area contributed by atoms with Crippen LogP contribution in [-0.2, 0) is 28.5 Å². The summed E-state index contributed by atoms with van der Waals surface area (Å²) < 4.78 is 44.5. The highest BCUT2D eigenvalue weighted by Crippen LogP contribution is 2.40. The Labute approximate surface area is 304 Å². The average molecular weight is 769 g/mol. The first-order valence-corrected chi connectivity index (χ1v) is 16.2. The summed E-state index contributed by atoms with van der Waals surface area (Å²) in [6, 6.07) is 6.23. The summed E-state index contributed by atoms with van der Waals surface area (Å²) in [5.74, 6) is -4.39. The van der Waals surface area contributed by atoms with Gasteiger partial charge >= 0.3 is 11.9 Å². The molecule has 0 bridgehead atoms. The first-order chi connectivity index (χ1) is 25.4. The van der Waals surface area contributed by atoms with Crippen molar-refractivity contribution >= 4 is 22.9 Å². The molecular weight excluding hydrogens is 728 g/mol. The summed E-state index contributed by atoms with van der Waals surface area (Å²) in [5, 5.41) is 93.1. The number of aliphatic carboxylic acids is 1. The molecule has 0 unspecified atom stereocenters. The number of aliphatic hydroxyl groups excluding tert-OH is 4. The van der Waals surface area contributed by atoms with Crippen LogP contribution in [0.5, 0.6) is 28.7 Å². The number of carbonyl (C=O) groups is 2. The number of carboxylic acids is 1. The average Bonchev–Trinajstić information content (AvgIpc) is 3.39. The van der Waals surface area contributed by atoms with Gasteiger partial charge in [0.15, 0.2) is 29.7 Å². The maximum absolute atomic E-state index is 14.2. The number of hydrogen-bond donors (Lipinski definition) is 9. The Morgan fingerprint density at radius 1 is 1.00 bits per heavy atom. The van der Waals surface area contributed by atoms with Crippen molar-refractivity contribution in [1.82, 2.24) is 0 Å². The van der Waals surface area contributed by atoms with Crippen molar-refractivity contribution in [3.8, 4) is 40.1 Å². The van der Waals surface area contributed by atoms with Crippen molar-refractivity contribution in [2.45, 2.75) is 74.1 Å². The van der Waals surface area contributed by atoms with Crippen molar-refractivity contribution in [2.75, 3.05) is 34.0 Å². The fourth-order valence-electron chi connectivity index (χ4n) is 5.88. The number of benzene rings is 2. The van der Waals surface area contributed by atoms with Gasteiger partial charge in [-0.05, 0) is 25.1 Å². The van der Waals surface area contributed by atoms with E-state index in [0.29, 0.717) is 0 Å². The molecule has 20 nitrogen and oxygen atoms in total. The number of methoxy groups -OCH3 is 2. The van der Waals surface area contributed by atoms with Gasteiger partial charge in [-0.2, -0.15) is 0 Å². The second kappa shape index (κ2) is 15.9. The highest BCUT2D eigenvalue weighted by atomic mass is 16.8. The number of hydrogen-bond acceptors (Lipinski definition) is 19. The number of aromatic hydroxyl groups is 2. The molecule has 0 spiro atoms. The molecule has 2 aromatic carbocycles. The van der Waals surface area contributed by atoms with Gasteiger partial charge in [0.05, 0.1) is 45.9 Å². The zero-order chi connectivity index (χ0) is 39.7. The molecule has 0 saturated carbocycles. The smallest absolute Gasteiger partial charge is 0.308 e. The monoisotopic (exact) mass is 768 g/mol. The van der Waals surface area contributed by atoms with Crippen LogP contribution in [0.1, 0.15) is 19.8 Å². The number of fused-ring (bicyclic) bond motifs is 1. The number of aliphatic hydroxyl groups is 6. The summed E-state index contributed by atoms with van der Waals surface area (Å²) >= 11 is 0. The highest BCUT2D eigenvalue weighted by Gasteiger charge is 2.54. The van der Waals surface area contributed by atoms with Crippen molar-refractivity contribution in [1.29, 1.82) is 0 Å². The van der Waals surface area contributed by atoms with Crippen LogP contribution in [0.25, 0.3) is 22.3 Å². The van der Waals surface area contributed by atoms with Crippen molar-refractivity contribution < 1.29 is 93.1 Å². The van der Waals surface area contributed by atoms with Gasteiger partial charge in [-0.3, -0.25) is 14.4 Å². The second-order valence-electron chi connectivity index (χ2n) is 13.1. The van der Waals surface area contributed by atoms with Crippen LogP contribution in [-0.4, -0.2) is 146 Å². The Kier molecular flexibility index (Phi) is 11.9. The minimum absolute atomic E-state index is 0.0590. The molecule has 3 aromatic rings. The number of carbonyl (C=O) groups excluding carboxylic acids is 1. The zero-order valence-corrected chi connectivity index (χ0v) is 29.0. The van der Waals surface area contributed by atoms with Crippen LogP contribution < -0.4 is 19.6 Å². The maximum atomic E-state index is 14.2. The zero-order valence-electron chi connectivity index (χ0n) is 29.0. The third-order valence-corrected chi connectivity index (χ3v) is 8.80. The molecule has 3 heterocycles. The fraction of sp³-hybridized carbons (Fsp3) is 0.500. The van der Waals surface area contributed by atoms with Gasteiger partial charge < -0.3 is 83.5 Å². The third kappa shape index (κ3) is 8.31. The van der Waals surface area contributed by atoms with E-state index in [9.17, 15) is 55.2 Å². The largest absolute Gasteiger partial charge is 0.507 e. The van der Waals surface area contributed by atoms with Crippen molar-refractivity contribution in [3.05, 3.63) is 40.6 Å². The number of phenolic OH excluding ortho intramolecular Hbond substituents is 2. The molecule has 9 atom stereocenters. The fourth-order valence-corrected chi connectivity index (χ4v) is 5.88. The molecule has 5 rings (SSSR count). The maximum Gasteiger partial charge on any atom is 0.308 e. The van der Waals surface area contributed by atoms with E-state index in [4.69, 9.17) is 42.7 Å². The van der Waals surface area contributed by atoms with Crippen molar-refractivity contribution in [2.24, 2.45) is 0 Å². The SMILES string of the molecule is COc1cc(O)c2c(=O)c(O[C@@H]3O[C@H](COC(=O)C[C@](C)(O)CC(=O)O)[C@@H](O)[C@H](O)[C@H]3O[C@@H]3OC[C@](O)(CO)[C@H]3O)c(-c3ccc(O)c(OC)c3)oc2c1. The van der Waals surface area contributed by atoms with E-state index in [1.807, 2.05) is 0 Å². The summed E-state index contributed by atoms with van der Waals surface area (Å²) in [4.78, 5) is 37.8. The van der Waals surface area contributed by atoms with Gasteiger partial charge in [-0.25, -0.2) is 0 Å². The van der Waals surface area contributed by atoms with Gasteiger partial charge in [0.1, 0.15) is 59.1 Å². The molecule has 54 heavy (non-hydrogen) atoms. The molecule has 0 amide bonds. The van der Waals surface area contributed by atoms with Gasteiger partial charge in [0.25, 0.3) is 0 Å². The van der Waals surface area contributed by atoms with E-state index in [2.05, 4.69) is 0 Å². The first-order valence-electron chi connectivity index (χ1n) is 16.2. The Hall–Kier alpha value is -4.77. The molecule has 2 fully saturated rings. The minimum atomic E-state index is -2.19. The lowest BCUT2D eigenvalue weighted by atomic mass is 9.97. The third-order valence-electron chi connectivity index (χ3n) is 8.80. The van der Waals surface area contributed by atoms with Crippen LogP contribution in [0, 0.1) is 0 Å². The molecule has 0 aliphatic carbocycles. The Bertz CT molecular complexity index is 1910. The predicted octanol–water partition coefficient (Wildman–Crippen LogP) is -1.30. The summed E-state index contributed by atoms with van der Waals surface area (Å²) in [7, 11) is 2.57. The van der Waals surface area contributed by atoms with Gasteiger partial charge in [-0.1, -0.05) is 0 Å². The Balaban J connectivity index is 1.57. The predicted molar refractivity (Wildman–Crippen MR) is 177 cm³/mol. The van der Waals surface area contributed by atoms with E-state index in [1.165, 1.54) is 38.5 Å². The highest BCUT2D eigenvalue weighted by molar-refractivity contribution is 5.88. The van der Waals surface area contributed by atoms with Crippen molar-refractivity contribution in [3.63, 3.8) is 0 Å². The first kappa shape index (κ1) is 40.4. The summed E-state index contributed by atoms with van der Waals surface area (Å²) in [6.07, 6.45) is -14.8. The van der Waals surface area contributed by atoms with E-state index in [1.54, 1.807) is 0 Å². The van der Waals surface area contributed by atoms with E-state index in [-0.39, 0.29) is 34.2 Å². The molecule has 2 aliphatic heterocycles. The second-order valence-corrected chi connectivity index (χ2v) is 13.1. The standard InChI is InChI=1S/C34H40O20/c1-33(45,9-21(38)39)10-22(40)49-11-20-24(41)26(43)29(54-32-30(44)34(46,12-35)13-50-32)31(52-20)53-28-25(42)23-17(37)7-15(47-2)8-19(23)51-27(28)14-4-5-16(36)18(6-14)48-3/h4-8,20,24,26,29-32,35-37,41,43-46H,9-13H2,1-3H3,(H,38,39)/t20-,24-,26+,29-,30+,31+,32+,33-,34-/m1/s1. The Morgan fingerprint density at radius 3 is 2.35 bits per heavy atom. The number of ether oxygens (including phenoxy) is 7. The van der Waals surface area contributed by atoms with E-state index in [0.717, 1.165) is 13.0 Å². The van der Waals surface area contributed by atoms with Crippen LogP contribution in [0.3, 0.4) is 0 Å². The summed E-state index contributed by atoms with van der Waals surface area (Å²) in [6.45, 7) is -1.32. The van der Waals surface area contributed by atoms with Gasteiger partial charge in [0.2, 0.25) is 17.5 Å².